The van der Waals surface area contributed by atoms with Crippen molar-refractivity contribution < 1.29 is 5.11 Å². The van der Waals surface area contributed by atoms with E-state index in [0.29, 0.717) is 17.4 Å². The number of benzene rings is 1. The van der Waals surface area contributed by atoms with Crippen molar-refractivity contribution in [2.45, 2.75) is 44.8 Å². The van der Waals surface area contributed by atoms with E-state index in [1.54, 1.807) is 0 Å². The number of likely N-dealkylation sites (tertiary alicyclic amines) is 1. The van der Waals surface area contributed by atoms with Gasteiger partial charge in [-0.05, 0) is 42.9 Å². The predicted octanol–water partition coefficient (Wildman–Crippen LogP) is 2.93. The molecule has 3 nitrogen and oxygen atoms in total. The lowest BCUT2D eigenvalue weighted by molar-refractivity contribution is -0.0613. The summed E-state index contributed by atoms with van der Waals surface area (Å²) < 4.78 is 0. The van der Waals surface area contributed by atoms with Gasteiger partial charge in [0.1, 0.15) is 0 Å². The Morgan fingerprint density at radius 2 is 2.10 bits per heavy atom. The van der Waals surface area contributed by atoms with Gasteiger partial charge in [0.25, 0.3) is 0 Å². The van der Waals surface area contributed by atoms with Crippen molar-refractivity contribution in [1.29, 1.82) is 5.26 Å². The van der Waals surface area contributed by atoms with Crippen LogP contribution in [0.2, 0.25) is 0 Å². The van der Waals surface area contributed by atoms with Gasteiger partial charge in [-0.15, -0.1) is 0 Å². The number of aliphatic hydroxyl groups is 1. The lowest BCUT2D eigenvalue weighted by atomic mass is 9.69. The standard InChI is InChI=1S/C18H24N2O/c1-2-18(21)9-3-4-16-12-20(13-17(16)18)11-15-7-5-14(10-19)6-8-15/h5-8,16-17,21H,2-4,9,11-13H2,1H3/t16-,17+,18-/m1/s1. The molecule has 2 fully saturated rings. The largest absolute Gasteiger partial charge is 0.390 e. The summed E-state index contributed by atoms with van der Waals surface area (Å²) in [6.45, 7) is 5.16. The molecule has 1 aromatic carbocycles. The molecule has 3 atom stereocenters. The van der Waals surface area contributed by atoms with Crippen LogP contribution in [-0.4, -0.2) is 28.7 Å². The minimum atomic E-state index is -0.442. The normalized spacial score (nSPS) is 32.6. The molecule has 0 aromatic heterocycles. The number of nitrogens with zero attached hydrogens (tertiary/aromatic N) is 2. The van der Waals surface area contributed by atoms with Crippen LogP contribution < -0.4 is 0 Å². The molecule has 21 heavy (non-hydrogen) atoms. The van der Waals surface area contributed by atoms with Crippen LogP contribution in [0.5, 0.6) is 0 Å². The van der Waals surface area contributed by atoms with Gasteiger partial charge < -0.3 is 5.11 Å². The Morgan fingerprint density at radius 3 is 2.76 bits per heavy atom. The Bertz CT molecular complexity index is 533. The highest BCUT2D eigenvalue weighted by molar-refractivity contribution is 5.31. The smallest absolute Gasteiger partial charge is 0.0991 e. The predicted molar refractivity (Wildman–Crippen MR) is 82.5 cm³/mol. The van der Waals surface area contributed by atoms with E-state index in [0.717, 1.165) is 38.9 Å². The average molecular weight is 284 g/mol. The van der Waals surface area contributed by atoms with Crippen molar-refractivity contribution in [3.05, 3.63) is 35.4 Å². The first-order chi connectivity index (χ1) is 10.1. The molecule has 0 amide bonds. The summed E-state index contributed by atoms with van der Waals surface area (Å²) in [5, 5.41) is 19.7. The van der Waals surface area contributed by atoms with Gasteiger partial charge in [0, 0.05) is 25.6 Å². The van der Waals surface area contributed by atoms with Gasteiger partial charge in [-0.2, -0.15) is 5.26 Å². The molecule has 3 heteroatoms. The van der Waals surface area contributed by atoms with E-state index < -0.39 is 5.60 Å². The van der Waals surface area contributed by atoms with Crippen molar-refractivity contribution in [3.8, 4) is 6.07 Å². The van der Waals surface area contributed by atoms with Crippen molar-refractivity contribution in [2.75, 3.05) is 13.1 Å². The maximum Gasteiger partial charge on any atom is 0.0991 e. The zero-order valence-electron chi connectivity index (χ0n) is 12.8. The SMILES string of the molecule is CC[C@@]1(O)CCC[C@@H]2CN(Cc3ccc(C#N)cc3)C[C@@H]21. The minimum absolute atomic E-state index is 0.439. The first kappa shape index (κ1) is 14.6. The summed E-state index contributed by atoms with van der Waals surface area (Å²) >= 11 is 0. The molecular formula is C18H24N2O. The molecule has 3 rings (SSSR count). The van der Waals surface area contributed by atoms with Crippen molar-refractivity contribution in [2.24, 2.45) is 11.8 Å². The van der Waals surface area contributed by atoms with Crippen molar-refractivity contribution in [3.63, 3.8) is 0 Å². The van der Waals surface area contributed by atoms with Crippen LogP contribution in [0.3, 0.4) is 0 Å². The number of nitriles is 1. The molecule has 2 aliphatic rings. The van der Waals surface area contributed by atoms with Crippen molar-refractivity contribution >= 4 is 0 Å². The molecule has 112 valence electrons. The first-order valence-corrected chi connectivity index (χ1v) is 8.08. The average Bonchev–Trinajstić information content (AvgIpc) is 2.92. The van der Waals surface area contributed by atoms with E-state index >= 15 is 0 Å². The highest BCUT2D eigenvalue weighted by Crippen LogP contribution is 2.44. The molecule has 0 unspecified atom stereocenters. The third-order valence-electron chi connectivity index (χ3n) is 5.49. The van der Waals surface area contributed by atoms with Gasteiger partial charge >= 0.3 is 0 Å². The summed E-state index contributed by atoms with van der Waals surface area (Å²) in [5.41, 5.74) is 1.53. The highest BCUT2D eigenvalue weighted by Gasteiger charge is 2.47. The summed E-state index contributed by atoms with van der Waals surface area (Å²) in [6.07, 6.45) is 4.27. The number of hydrogen-bond donors (Lipinski definition) is 1. The topological polar surface area (TPSA) is 47.3 Å². The first-order valence-electron chi connectivity index (χ1n) is 8.08. The summed E-state index contributed by atoms with van der Waals surface area (Å²) in [6, 6.07) is 10.0. The Morgan fingerprint density at radius 1 is 1.33 bits per heavy atom. The molecule has 1 N–H and O–H groups in total. The molecule has 1 aliphatic heterocycles. The van der Waals surface area contributed by atoms with Crippen LogP contribution in [0.15, 0.2) is 24.3 Å². The summed E-state index contributed by atoms with van der Waals surface area (Å²) in [5.74, 6) is 1.09. The number of fused-ring (bicyclic) bond motifs is 1. The van der Waals surface area contributed by atoms with Crippen molar-refractivity contribution in [1.82, 2.24) is 4.90 Å². The molecule has 0 radical (unpaired) electrons. The fraction of sp³-hybridized carbons (Fsp3) is 0.611. The Balaban J connectivity index is 1.67. The van der Waals surface area contributed by atoms with Gasteiger partial charge in [-0.1, -0.05) is 25.5 Å². The molecule has 1 heterocycles. The Hall–Kier alpha value is -1.37. The molecular weight excluding hydrogens is 260 g/mol. The maximum atomic E-state index is 10.8. The Kier molecular flexibility index (Phi) is 4.01. The molecule has 1 aliphatic carbocycles. The third-order valence-corrected chi connectivity index (χ3v) is 5.49. The number of rotatable bonds is 3. The second-order valence-electron chi connectivity index (χ2n) is 6.72. The Labute approximate surface area is 127 Å². The highest BCUT2D eigenvalue weighted by atomic mass is 16.3. The minimum Gasteiger partial charge on any atom is -0.390 e. The maximum absolute atomic E-state index is 10.8. The van der Waals surface area contributed by atoms with Crippen LogP contribution in [0, 0.1) is 23.2 Å². The fourth-order valence-corrected chi connectivity index (χ4v) is 4.23. The van der Waals surface area contributed by atoms with Crippen LogP contribution in [0.4, 0.5) is 0 Å². The van der Waals surface area contributed by atoms with Gasteiger partial charge in [0.2, 0.25) is 0 Å². The lowest BCUT2D eigenvalue weighted by Gasteiger charge is -2.40. The third kappa shape index (κ3) is 2.84. The van der Waals surface area contributed by atoms with Crippen LogP contribution >= 0.6 is 0 Å². The van der Waals surface area contributed by atoms with Gasteiger partial charge in [0.05, 0.1) is 17.2 Å². The molecule has 1 saturated carbocycles. The second kappa shape index (κ2) is 5.79. The van der Waals surface area contributed by atoms with E-state index in [-0.39, 0.29) is 0 Å². The zero-order chi connectivity index (χ0) is 14.9. The van der Waals surface area contributed by atoms with Crippen LogP contribution in [-0.2, 0) is 6.54 Å². The monoisotopic (exact) mass is 284 g/mol. The van der Waals surface area contributed by atoms with E-state index in [1.807, 2.05) is 24.3 Å². The van der Waals surface area contributed by atoms with Gasteiger partial charge in [-0.3, -0.25) is 4.90 Å². The van der Waals surface area contributed by atoms with Crippen LogP contribution in [0.1, 0.15) is 43.7 Å². The van der Waals surface area contributed by atoms with Gasteiger partial charge in [0.15, 0.2) is 0 Å². The quantitative estimate of drug-likeness (QED) is 0.928. The number of hydrogen-bond acceptors (Lipinski definition) is 3. The summed E-state index contributed by atoms with van der Waals surface area (Å²) in [7, 11) is 0. The van der Waals surface area contributed by atoms with E-state index in [9.17, 15) is 5.11 Å². The fourth-order valence-electron chi connectivity index (χ4n) is 4.23. The van der Waals surface area contributed by atoms with E-state index in [4.69, 9.17) is 5.26 Å². The molecule has 0 spiro atoms. The second-order valence-corrected chi connectivity index (χ2v) is 6.72. The zero-order valence-corrected chi connectivity index (χ0v) is 12.8. The van der Waals surface area contributed by atoms with Gasteiger partial charge in [-0.25, -0.2) is 0 Å². The summed E-state index contributed by atoms with van der Waals surface area (Å²) in [4.78, 5) is 2.47. The van der Waals surface area contributed by atoms with E-state index in [1.165, 1.54) is 12.0 Å². The lowest BCUT2D eigenvalue weighted by Crippen LogP contribution is -2.44. The molecule has 0 bridgehead atoms. The van der Waals surface area contributed by atoms with E-state index in [2.05, 4.69) is 17.9 Å². The molecule has 1 saturated heterocycles. The van der Waals surface area contributed by atoms with Crippen LogP contribution in [0.25, 0.3) is 0 Å². The molecule has 1 aromatic rings.